The van der Waals surface area contributed by atoms with Crippen molar-refractivity contribution in [2.75, 3.05) is 6.54 Å². The second-order valence-electron chi connectivity index (χ2n) is 4.60. The minimum Gasteiger partial charge on any atom is -0.339 e. The van der Waals surface area contributed by atoms with Gasteiger partial charge in [0.1, 0.15) is 5.78 Å². The average molecular weight is 195 g/mol. The smallest absolute Gasteiger partial charge is 0.230 e. The molecule has 78 valence electrons. The Kier molecular flexibility index (Phi) is 2.57. The zero-order valence-electron chi connectivity index (χ0n) is 8.66. The van der Waals surface area contributed by atoms with E-state index in [1.807, 2.05) is 4.90 Å². The van der Waals surface area contributed by atoms with Crippen LogP contribution in [0.5, 0.6) is 0 Å². The summed E-state index contributed by atoms with van der Waals surface area (Å²) in [7, 11) is 0. The van der Waals surface area contributed by atoms with Gasteiger partial charge in [-0.15, -0.1) is 0 Å². The van der Waals surface area contributed by atoms with Crippen molar-refractivity contribution in [2.45, 2.75) is 45.1 Å². The van der Waals surface area contributed by atoms with E-state index in [0.29, 0.717) is 12.0 Å². The van der Waals surface area contributed by atoms with E-state index in [0.717, 1.165) is 19.4 Å². The maximum absolute atomic E-state index is 11.7. The van der Waals surface area contributed by atoms with Gasteiger partial charge in [0, 0.05) is 12.6 Å². The molecule has 0 aromatic heterocycles. The Bertz CT molecular complexity index is 254. The van der Waals surface area contributed by atoms with Crippen molar-refractivity contribution in [2.24, 2.45) is 5.92 Å². The van der Waals surface area contributed by atoms with Crippen LogP contribution in [0.25, 0.3) is 0 Å². The second-order valence-corrected chi connectivity index (χ2v) is 4.60. The monoisotopic (exact) mass is 195 g/mol. The molecule has 0 aromatic carbocycles. The molecule has 1 aliphatic carbocycles. The van der Waals surface area contributed by atoms with Gasteiger partial charge in [-0.1, -0.05) is 0 Å². The number of carbonyl (C=O) groups excluding carboxylic acids is 2. The molecule has 3 nitrogen and oxygen atoms in total. The topological polar surface area (TPSA) is 37.4 Å². The average Bonchev–Trinajstić information content (AvgIpc) is 2.18. The van der Waals surface area contributed by atoms with Gasteiger partial charge in [-0.25, -0.2) is 0 Å². The lowest BCUT2D eigenvalue weighted by Crippen LogP contribution is -2.51. The Morgan fingerprint density at radius 1 is 1.21 bits per heavy atom. The molecule has 2 saturated heterocycles. The van der Waals surface area contributed by atoms with Crippen molar-refractivity contribution < 1.29 is 9.59 Å². The molecule has 2 aliphatic heterocycles. The summed E-state index contributed by atoms with van der Waals surface area (Å²) in [6.45, 7) is 2.39. The fraction of sp³-hybridized carbons (Fsp3) is 0.818. The maximum atomic E-state index is 11.7. The van der Waals surface area contributed by atoms with Crippen LogP contribution in [0.3, 0.4) is 0 Å². The number of carbonyl (C=O) groups is 2. The molecule has 3 heteroatoms. The van der Waals surface area contributed by atoms with Crippen molar-refractivity contribution in [3.63, 3.8) is 0 Å². The predicted molar refractivity (Wildman–Crippen MR) is 52.8 cm³/mol. The molecule has 0 radical (unpaired) electrons. The van der Waals surface area contributed by atoms with Crippen molar-refractivity contribution in [3.8, 4) is 0 Å². The Hall–Kier alpha value is -0.860. The number of piperidine rings is 2. The number of amides is 1. The summed E-state index contributed by atoms with van der Waals surface area (Å²) in [4.78, 5) is 24.5. The number of Topliss-reactive ketones (excluding diaryl/α,β-unsaturated/α-hetero) is 1. The van der Waals surface area contributed by atoms with Crippen LogP contribution in [0, 0.1) is 5.92 Å². The molecule has 0 aromatic rings. The SMILES string of the molecule is CC(=O)CC(=O)N1CC2CCC1CC2. The van der Waals surface area contributed by atoms with Crippen molar-refractivity contribution >= 4 is 11.7 Å². The van der Waals surface area contributed by atoms with Crippen molar-refractivity contribution in [3.05, 3.63) is 0 Å². The van der Waals surface area contributed by atoms with E-state index in [1.165, 1.54) is 19.8 Å². The zero-order chi connectivity index (χ0) is 10.1. The molecule has 0 N–H and O–H groups in total. The molecule has 0 spiro atoms. The van der Waals surface area contributed by atoms with E-state index in [9.17, 15) is 9.59 Å². The van der Waals surface area contributed by atoms with Gasteiger partial charge in [-0.05, 0) is 38.5 Å². The molecule has 3 rings (SSSR count). The standard InChI is InChI=1S/C11H17NO2/c1-8(13)6-11(14)12-7-9-2-4-10(12)5-3-9/h9-10H,2-7H2,1H3. The van der Waals surface area contributed by atoms with Crippen LogP contribution in [-0.2, 0) is 9.59 Å². The van der Waals surface area contributed by atoms with Gasteiger partial charge in [0.25, 0.3) is 0 Å². The lowest BCUT2D eigenvalue weighted by atomic mass is 9.80. The number of rotatable bonds is 2. The normalized spacial score (nSPS) is 30.5. The Balaban J connectivity index is 1.97. The summed E-state index contributed by atoms with van der Waals surface area (Å²) in [6.07, 6.45) is 4.94. The first-order valence-corrected chi connectivity index (χ1v) is 5.45. The first-order valence-electron chi connectivity index (χ1n) is 5.45. The molecule has 14 heavy (non-hydrogen) atoms. The van der Waals surface area contributed by atoms with Gasteiger partial charge < -0.3 is 4.90 Å². The van der Waals surface area contributed by atoms with Crippen molar-refractivity contribution in [1.29, 1.82) is 0 Å². The van der Waals surface area contributed by atoms with Crippen LogP contribution in [0.1, 0.15) is 39.0 Å². The number of hydrogen-bond donors (Lipinski definition) is 0. The molecule has 2 heterocycles. The second kappa shape index (κ2) is 3.71. The predicted octanol–water partition coefficient (Wildman–Crippen LogP) is 1.37. The van der Waals surface area contributed by atoms with Crippen LogP contribution >= 0.6 is 0 Å². The van der Waals surface area contributed by atoms with Gasteiger partial charge >= 0.3 is 0 Å². The third kappa shape index (κ3) is 1.81. The number of ketones is 1. The molecule has 3 fully saturated rings. The van der Waals surface area contributed by atoms with Crippen LogP contribution in [0.15, 0.2) is 0 Å². The fourth-order valence-electron chi connectivity index (χ4n) is 2.69. The van der Waals surface area contributed by atoms with Crippen LogP contribution < -0.4 is 0 Å². The number of nitrogens with zero attached hydrogens (tertiary/aromatic N) is 1. The Labute approximate surface area is 84.5 Å². The molecule has 1 amide bonds. The van der Waals surface area contributed by atoms with Gasteiger partial charge in [-0.3, -0.25) is 9.59 Å². The highest BCUT2D eigenvalue weighted by molar-refractivity contribution is 5.97. The van der Waals surface area contributed by atoms with E-state index in [1.54, 1.807) is 0 Å². The summed E-state index contributed by atoms with van der Waals surface area (Å²) in [5.74, 6) is 0.735. The molecule has 1 saturated carbocycles. The van der Waals surface area contributed by atoms with E-state index < -0.39 is 0 Å². The molecule has 3 aliphatic rings. The van der Waals surface area contributed by atoms with Gasteiger partial charge in [-0.2, -0.15) is 0 Å². The highest BCUT2D eigenvalue weighted by atomic mass is 16.2. The molecular weight excluding hydrogens is 178 g/mol. The zero-order valence-corrected chi connectivity index (χ0v) is 8.66. The Morgan fingerprint density at radius 3 is 2.29 bits per heavy atom. The fourth-order valence-corrected chi connectivity index (χ4v) is 2.69. The van der Waals surface area contributed by atoms with Crippen LogP contribution in [0.2, 0.25) is 0 Å². The summed E-state index contributed by atoms with van der Waals surface area (Å²) < 4.78 is 0. The molecule has 0 unspecified atom stereocenters. The minimum absolute atomic E-state index is 0.0172. The number of hydrogen-bond acceptors (Lipinski definition) is 2. The summed E-state index contributed by atoms with van der Waals surface area (Å²) in [5, 5.41) is 0. The van der Waals surface area contributed by atoms with E-state index in [4.69, 9.17) is 0 Å². The van der Waals surface area contributed by atoms with E-state index in [2.05, 4.69) is 0 Å². The van der Waals surface area contributed by atoms with Crippen molar-refractivity contribution in [1.82, 2.24) is 4.90 Å². The van der Waals surface area contributed by atoms with Gasteiger partial charge in [0.2, 0.25) is 5.91 Å². The largest absolute Gasteiger partial charge is 0.339 e. The van der Waals surface area contributed by atoms with E-state index in [-0.39, 0.29) is 18.1 Å². The summed E-state index contributed by atoms with van der Waals surface area (Å²) >= 11 is 0. The van der Waals surface area contributed by atoms with Crippen LogP contribution in [-0.4, -0.2) is 29.2 Å². The quantitative estimate of drug-likeness (QED) is 0.624. The lowest BCUT2D eigenvalue weighted by Gasteiger charge is -2.45. The summed E-state index contributed by atoms with van der Waals surface area (Å²) in [5.41, 5.74) is 0. The Morgan fingerprint density at radius 2 is 1.86 bits per heavy atom. The minimum atomic E-state index is -0.0172. The molecule has 2 bridgehead atoms. The number of fused-ring (bicyclic) bond motifs is 3. The lowest BCUT2D eigenvalue weighted by molar-refractivity contribution is -0.141. The third-order valence-corrected chi connectivity index (χ3v) is 3.43. The summed E-state index contributed by atoms with van der Waals surface area (Å²) in [6, 6.07) is 0.437. The third-order valence-electron chi connectivity index (χ3n) is 3.43. The van der Waals surface area contributed by atoms with E-state index >= 15 is 0 Å². The molecular formula is C11H17NO2. The first-order chi connectivity index (χ1) is 6.66. The maximum Gasteiger partial charge on any atom is 0.230 e. The highest BCUT2D eigenvalue weighted by Gasteiger charge is 2.36. The van der Waals surface area contributed by atoms with Gasteiger partial charge in [0.05, 0.1) is 6.42 Å². The highest BCUT2D eigenvalue weighted by Crippen LogP contribution is 2.34. The van der Waals surface area contributed by atoms with Gasteiger partial charge in [0.15, 0.2) is 0 Å². The first kappa shape index (κ1) is 9.69. The van der Waals surface area contributed by atoms with Crippen LogP contribution in [0.4, 0.5) is 0 Å². The molecule has 0 atom stereocenters.